The molecule has 0 bridgehead atoms. The molecule has 1 saturated heterocycles. The Bertz CT molecular complexity index is 836. The normalized spacial score (nSPS) is 17.1. The summed E-state index contributed by atoms with van der Waals surface area (Å²) in [5.74, 6) is 0. The van der Waals surface area contributed by atoms with E-state index in [2.05, 4.69) is 14.9 Å². The van der Waals surface area contributed by atoms with Crippen LogP contribution in [0, 0.1) is 0 Å². The second kappa shape index (κ2) is 6.44. The molecule has 2 N–H and O–H groups in total. The van der Waals surface area contributed by atoms with Gasteiger partial charge >= 0.3 is 5.69 Å². The van der Waals surface area contributed by atoms with Crippen LogP contribution in [-0.2, 0) is 14.8 Å². The van der Waals surface area contributed by atoms with Gasteiger partial charge in [0.25, 0.3) is 0 Å². The zero-order valence-corrected chi connectivity index (χ0v) is 13.7. The van der Waals surface area contributed by atoms with Gasteiger partial charge in [0.15, 0.2) is 0 Å². The van der Waals surface area contributed by atoms with Crippen LogP contribution in [0.1, 0.15) is 0 Å². The number of ether oxygens (including phenoxy) is 1. The van der Waals surface area contributed by atoms with Gasteiger partial charge in [-0.1, -0.05) is 0 Å². The number of hydrogen-bond acceptors (Lipinski definition) is 5. The highest BCUT2D eigenvalue weighted by molar-refractivity contribution is 7.89. The standard InChI is InChI=1S/C14H20N4O4S/c1-17(4-5-18-6-8-22-9-7-18)23(20,21)11-2-3-12-13(10-11)16-14(19)15-12/h2-3,10H,4-9H2,1H3,(H2,15,16,19). The molecule has 0 spiro atoms. The Morgan fingerprint density at radius 2 is 1.91 bits per heavy atom. The molecule has 1 aliphatic rings. The average Bonchev–Trinajstić information content (AvgIpc) is 2.92. The van der Waals surface area contributed by atoms with Gasteiger partial charge < -0.3 is 14.7 Å². The molecule has 1 aromatic heterocycles. The van der Waals surface area contributed by atoms with E-state index in [0.717, 1.165) is 13.1 Å². The SMILES string of the molecule is CN(CCN1CCOCC1)S(=O)(=O)c1ccc2[nH]c(=O)[nH]c2c1. The van der Waals surface area contributed by atoms with Crippen LogP contribution in [0.5, 0.6) is 0 Å². The van der Waals surface area contributed by atoms with Crippen LogP contribution in [0.4, 0.5) is 0 Å². The average molecular weight is 340 g/mol. The Hall–Kier alpha value is -1.68. The monoisotopic (exact) mass is 340 g/mol. The minimum atomic E-state index is -3.58. The van der Waals surface area contributed by atoms with E-state index in [4.69, 9.17) is 4.74 Å². The van der Waals surface area contributed by atoms with Crippen molar-refractivity contribution in [3.63, 3.8) is 0 Å². The summed E-state index contributed by atoms with van der Waals surface area (Å²) in [6, 6.07) is 4.58. The number of hydrogen-bond donors (Lipinski definition) is 2. The lowest BCUT2D eigenvalue weighted by Crippen LogP contribution is -2.41. The maximum atomic E-state index is 12.6. The summed E-state index contributed by atoms with van der Waals surface area (Å²) >= 11 is 0. The maximum Gasteiger partial charge on any atom is 0.323 e. The highest BCUT2D eigenvalue weighted by Gasteiger charge is 2.22. The number of nitrogens with zero attached hydrogens (tertiary/aromatic N) is 2. The molecule has 1 fully saturated rings. The van der Waals surface area contributed by atoms with E-state index in [1.807, 2.05) is 0 Å². The third-order valence-corrected chi connectivity index (χ3v) is 5.88. The number of H-pyrrole nitrogens is 2. The van der Waals surface area contributed by atoms with Gasteiger partial charge in [-0.05, 0) is 18.2 Å². The molecule has 0 radical (unpaired) electrons. The first-order valence-corrected chi connectivity index (χ1v) is 8.89. The van der Waals surface area contributed by atoms with E-state index in [-0.39, 0.29) is 10.6 Å². The largest absolute Gasteiger partial charge is 0.379 e. The Balaban J connectivity index is 1.74. The first-order chi connectivity index (χ1) is 11.0. The molecule has 3 rings (SSSR count). The molecular formula is C14H20N4O4S. The number of nitrogens with one attached hydrogen (secondary N) is 2. The number of rotatable bonds is 5. The highest BCUT2D eigenvalue weighted by Crippen LogP contribution is 2.18. The molecule has 2 aromatic rings. The van der Waals surface area contributed by atoms with Crippen LogP contribution in [0.2, 0.25) is 0 Å². The van der Waals surface area contributed by atoms with Crippen molar-refractivity contribution in [2.75, 3.05) is 46.4 Å². The Morgan fingerprint density at radius 1 is 1.22 bits per heavy atom. The zero-order valence-electron chi connectivity index (χ0n) is 12.9. The van der Waals surface area contributed by atoms with Crippen molar-refractivity contribution in [2.24, 2.45) is 0 Å². The summed E-state index contributed by atoms with van der Waals surface area (Å²) in [5, 5.41) is 0. The van der Waals surface area contributed by atoms with Crippen molar-refractivity contribution in [1.82, 2.24) is 19.2 Å². The van der Waals surface area contributed by atoms with Crippen molar-refractivity contribution < 1.29 is 13.2 Å². The summed E-state index contributed by atoms with van der Waals surface area (Å²) in [7, 11) is -2.01. The van der Waals surface area contributed by atoms with E-state index in [1.165, 1.54) is 16.4 Å². The molecule has 0 unspecified atom stereocenters. The number of likely N-dealkylation sites (N-methyl/N-ethyl adjacent to an activating group) is 1. The van der Waals surface area contributed by atoms with Gasteiger partial charge in [0.2, 0.25) is 10.0 Å². The number of aromatic amines is 2. The number of morpholine rings is 1. The number of benzene rings is 1. The summed E-state index contributed by atoms with van der Waals surface area (Å²) < 4.78 is 31.9. The lowest BCUT2D eigenvalue weighted by molar-refractivity contribution is 0.0368. The van der Waals surface area contributed by atoms with E-state index < -0.39 is 10.0 Å². The van der Waals surface area contributed by atoms with Crippen molar-refractivity contribution >= 4 is 21.1 Å². The minimum Gasteiger partial charge on any atom is -0.379 e. The number of aromatic nitrogens is 2. The first kappa shape index (κ1) is 16.2. The number of imidazole rings is 1. The molecule has 0 aliphatic carbocycles. The van der Waals surface area contributed by atoms with Gasteiger partial charge in [-0.3, -0.25) is 4.90 Å². The number of fused-ring (bicyclic) bond motifs is 1. The summed E-state index contributed by atoms with van der Waals surface area (Å²) in [6.07, 6.45) is 0. The fourth-order valence-corrected chi connectivity index (χ4v) is 3.77. The van der Waals surface area contributed by atoms with E-state index in [0.29, 0.717) is 37.3 Å². The molecule has 0 atom stereocenters. The molecule has 0 amide bonds. The third kappa shape index (κ3) is 3.47. The molecule has 126 valence electrons. The molecule has 8 nitrogen and oxygen atoms in total. The van der Waals surface area contributed by atoms with Gasteiger partial charge in [0, 0.05) is 33.2 Å². The molecule has 9 heteroatoms. The van der Waals surface area contributed by atoms with Crippen LogP contribution in [-0.4, -0.2) is 74.0 Å². The predicted octanol–water partition coefficient (Wildman–Crippen LogP) is -0.191. The van der Waals surface area contributed by atoms with Gasteiger partial charge in [-0.25, -0.2) is 13.2 Å². The van der Waals surface area contributed by atoms with Gasteiger partial charge in [-0.2, -0.15) is 4.31 Å². The second-order valence-corrected chi connectivity index (χ2v) is 7.61. The van der Waals surface area contributed by atoms with Crippen LogP contribution in [0.3, 0.4) is 0 Å². The summed E-state index contributed by atoms with van der Waals surface area (Å²) in [6.45, 7) is 4.10. The molecule has 1 aliphatic heterocycles. The van der Waals surface area contributed by atoms with Crippen LogP contribution in [0.15, 0.2) is 27.9 Å². The molecular weight excluding hydrogens is 320 g/mol. The quantitative estimate of drug-likeness (QED) is 0.786. The smallest absolute Gasteiger partial charge is 0.323 e. The highest BCUT2D eigenvalue weighted by atomic mass is 32.2. The first-order valence-electron chi connectivity index (χ1n) is 7.45. The van der Waals surface area contributed by atoms with Crippen LogP contribution in [0.25, 0.3) is 11.0 Å². The van der Waals surface area contributed by atoms with E-state index in [1.54, 1.807) is 13.1 Å². The fraction of sp³-hybridized carbons (Fsp3) is 0.500. The number of sulfonamides is 1. The molecule has 0 saturated carbocycles. The second-order valence-electron chi connectivity index (χ2n) is 5.57. The zero-order chi connectivity index (χ0) is 16.4. The van der Waals surface area contributed by atoms with Gasteiger partial charge in [-0.15, -0.1) is 0 Å². The van der Waals surface area contributed by atoms with Gasteiger partial charge in [0.1, 0.15) is 0 Å². The van der Waals surface area contributed by atoms with Crippen LogP contribution < -0.4 is 5.69 Å². The van der Waals surface area contributed by atoms with Crippen molar-refractivity contribution in [3.05, 3.63) is 28.7 Å². The fourth-order valence-electron chi connectivity index (χ4n) is 2.58. The van der Waals surface area contributed by atoms with E-state index in [9.17, 15) is 13.2 Å². The Morgan fingerprint density at radius 3 is 2.65 bits per heavy atom. The Labute approximate surface area is 134 Å². The van der Waals surface area contributed by atoms with Crippen molar-refractivity contribution in [2.45, 2.75) is 4.90 Å². The summed E-state index contributed by atoms with van der Waals surface area (Å²) in [4.78, 5) is 18.8. The topological polar surface area (TPSA) is 98.5 Å². The minimum absolute atomic E-state index is 0.171. The Kier molecular flexibility index (Phi) is 4.53. The third-order valence-electron chi connectivity index (χ3n) is 4.03. The lowest BCUT2D eigenvalue weighted by atomic mass is 10.3. The van der Waals surface area contributed by atoms with Crippen molar-refractivity contribution in [3.8, 4) is 0 Å². The summed E-state index contributed by atoms with van der Waals surface area (Å²) in [5.41, 5.74) is 0.720. The van der Waals surface area contributed by atoms with Crippen LogP contribution >= 0.6 is 0 Å². The maximum absolute atomic E-state index is 12.6. The van der Waals surface area contributed by atoms with Gasteiger partial charge in [0.05, 0.1) is 29.1 Å². The predicted molar refractivity (Wildman–Crippen MR) is 86.0 cm³/mol. The molecule has 2 heterocycles. The van der Waals surface area contributed by atoms with E-state index >= 15 is 0 Å². The van der Waals surface area contributed by atoms with Crippen molar-refractivity contribution in [1.29, 1.82) is 0 Å². The molecule has 1 aromatic carbocycles. The molecule has 23 heavy (non-hydrogen) atoms. The lowest BCUT2D eigenvalue weighted by Gasteiger charge is -2.28.